The number of para-hydroxylation sites is 2. The number of hydrogen-bond acceptors (Lipinski definition) is 4. The van der Waals surface area contributed by atoms with Gasteiger partial charge in [-0.2, -0.15) is 0 Å². The number of aromatic nitrogens is 1. The minimum Gasteiger partial charge on any atom is -0.497 e. The number of fused-ring (bicyclic) bond motifs is 1. The zero-order valence-corrected chi connectivity index (χ0v) is 12.3. The minimum absolute atomic E-state index is 0.618. The molecule has 21 heavy (non-hydrogen) atoms. The number of benzene rings is 1. The number of rotatable bonds is 3. The molecular formula is C17H17NO3. The smallest absolute Gasteiger partial charge is 0.223 e. The van der Waals surface area contributed by atoms with Gasteiger partial charge in [-0.1, -0.05) is 12.1 Å². The monoisotopic (exact) mass is 283 g/mol. The first-order valence-electron chi connectivity index (χ1n) is 6.79. The summed E-state index contributed by atoms with van der Waals surface area (Å²) in [6.07, 6.45) is 4.66. The van der Waals surface area contributed by atoms with Gasteiger partial charge in [-0.15, -0.1) is 0 Å². The molecule has 1 heterocycles. The first kappa shape index (κ1) is 13.5. The van der Waals surface area contributed by atoms with E-state index in [0.717, 1.165) is 33.8 Å². The Hall–Kier alpha value is -2.49. The summed E-state index contributed by atoms with van der Waals surface area (Å²) >= 11 is 0. The molecule has 0 spiro atoms. The van der Waals surface area contributed by atoms with E-state index in [0.29, 0.717) is 12.3 Å². The molecule has 4 nitrogen and oxygen atoms in total. The maximum Gasteiger partial charge on any atom is 0.223 e. The minimum atomic E-state index is 0.618. The molecule has 3 rings (SSSR count). The Bertz CT molecular complexity index is 732. The first-order chi connectivity index (χ1) is 10.2. The molecule has 0 saturated carbocycles. The van der Waals surface area contributed by atoms with Crippen molar-refractivity contribution in [1.82, 2.24) is 4.98 Å². The van der Waals surface area contributed by atoms with Gasteiger partial charge < -0.3 is 13.9 Å². The van der Waals surface area contributed by atoms with E-state index < -0.39 is 0 Å². The molecule has 0 bridgehead atoms. The van der Waals surface area contributed by atoms with Crippen molar-refractivity contribution >= 4 is 16.7 Å². The molecule has 4 heteroatoms. The van der Waals surface area contributed by atoms with Crippen LogP contribution < -0.4 is 0 Å². The quantitative estimate of drug-likeness (QED) is 0.852. The average Bonchev–Trinajstić information content (AvgIpc) is 2.87. The fraction of sp³-hybridized carbons (Fsp3) is 0.235. The molecule has 1 aromatic heterocycles. The second-order valence-corrected chi connectivity index (χ2v) is 4.83. The van der Waals surface area contributed by atoms with Gasteiger partial charge in [0.2, 0.25) is 5.89 Å². The number of allylic oxidation sites excluding steroid dienone is 4. The van der Waals surface area contributed by atoms with E-state index in [-0.39, 0.29) is 0 Å². The average molecular weight is 283 g/mol. The van der Waals surface area contributed by atoms with Gasteiger partial charge in [-0.3, -0.25) is 0 Å². The fourth-order valence-electron chi connectivity index (χ4n) is 2.41. The van der Waals surface area contributed by atoms with Crippen molar-refractivity contribution < 1.29 is 13.9 Å². The van der Waals surface area contributed by atoms with Gasteiger partial charge in [0.15, 0.2) is 5.58 Å². The van der Waals surface area contributed by atoms with Crippen LogP contribution in [0.25, 0.3) is 16.7 Å². The summed E-state index contributed by atoms with van der Waals surface area (Å²) in [4.78, 5) is 4.54. The van der Waals surface area contributed by atoms with Crippen molar-refractivity contribution in [2.45, 2.75) is 13.3 Å². The lowest BCUT2D eigenvalue weighted by Crippen LogP contribution is -1.93. The van der Waals surface area contributed by atoms with Crippen LogP contribution >= 0.6 is 0 Å². The van der Waals surface area contributed by atoms with Crippen LogP contribution in [0.3, 0.4) is 0 Å². The molecular weight excluding hydrogens is 266 g/mol. The predicted molar refractivity (Wildman–Crippen MR) is 81.4 cm³/mol. The van der Waals surface area contributed by atoms with E-state index in [1.54, 1.807) is 14.2 Å². The Morgan fingerprint density at radius 2 is 1.95 bits per heavy atom. The van der Waals surface area contributed by atoms with E-state index >= 15 is 0 Å². The molecule has 0 atom stereocenters. The van der Waals surface area contributed by atoms with Crippen molar-refractivity contribution in [3.63, 3.8) is 0 Å². The number of ether oxygens (including phenoxy) is 2. The summed E-state index contributed by atoms with van der Waals surface area (Å²) in [7, 11) is 3.31. The third-order valence-corrected chi connectivity index (χ3v) is 3.56. The predicted octanol–water partition coefficient (Wildman–Crippen LogP) is 4.07. The SMILES string of the molecule is COC1=CCC(c2nc3ccccc3o2)=CC(OC)=C1C. The fourth-order valence-corrected chi connectivity index (χ4v) is 2.41. The Morgan fingerprint density at radius 3 is 2.67 bits per heavy atom. The van der Waals surface area contributed by atoms with Crippen LogP contribution in [0.5, 0.6) is 0 Å². The highest BCUT2D eigenvalue weighted by atomic mass is 16.5. The summed E-state index contributed by atoms with van der Waals surface area (Å²) in [5.74, 6) is 2.19. The number of nitrogens with zero attached hydrogens (tertiary/aromatic N) is 1. The number of hydrogen-bond donors (Lipinski definition) is 0. The van der Waals surface area contributed by atoms with Gasteiger partial charge in [-0.05, 0) is 37.6 Å². The van der Waals surface area contributed by atoms with Crippen LogP contribution in [-0.2, 0) is 9.47 Å². The molecule has 0 fully saturated rings. The Balaban J connectivity index is 2.08. The highest BCUT2D eigenvalue weighted by molar-refractivity contribution is 5.76. The third kappa shape index (κ3) is 2.44. The first-order valence-corrected chi connectivity index (χ1v) is 6.79. The van der Waals surface area contributed by atoms with Gasteiger partial charge in [0.1, 0.15) is 17.0 Å². The van der Waals surface area contributed by atoms with Gasteiger partial charge in [-0.25, -0.2) is 4.98 Å². The zero-order chi connectivity index (χ0) is 14.8. The number of methoxy groups -OCH3 is 2. The summed E-state index contributed by atoms with van der Waals surface area (Å²) in [6.45, 7) is 1.97. The van der Waals surface area contributed by atoms with Crippen LogP contribution in [-0.4, -0.2) is 19.2 Å². The van der Waals surface area contributed by atoms with Crippen LogP contribution in [0.15, 0.2) is 57.9 Å². The van der Waals surface area contributed by atoms with Crippen molar-refractivity contribution in [2.24, 2.45) is 0 Å². The third-order valence-electron chi connectivity index (χ3n) is 3.56. The van der Waals surface area contributed by atoms with Crippen molar-refractivity contribution in [3.8, 4) is 0 Å². The van der Waals surface area contributed by atoms with Crippen LogP contribution in [0.4, 0.5) is 0 Å². The summed E-state index contributed by atoms with van der Waals surface area (Å²) in [6, 6.07) is 7.74. The standard InChI is InChI=1S/C17H17NO3/c1-11-14(19-2)9-8-12(10-16(11)20-3)17-18-13-6-4-5-7-15(13)21-17/h4-7,9-10H,8H2,1-3H3. The molecule has 1 aromatic carbocycles. The highest BCUT2D eigenvalue weighted by Gasteiger charge is 2.17. The molecule has 0 saturated heterocycles. The highest BCUT2D eigenvalue weighted by Crippen LogP contribution is 2.30. The molecule has 0 radical (unpaired) electrons. The molecule has 1 aliphatic carbocycles. The van der Waals surface area contributed by atoms with Gasteiger partial charge in [0.25, 0.3) is 0 Å². The van der Waals surface area contributed by atoms with Crippen LogP contribution in [0.1, 0.15) is 19.2 Å². The molecule has 0 unspecified atom stereocenters. The Morgan fingerprint density at radius 1 is 1.14 bits per heavy atom. The topological polar surface area (TPSA) is 44.5 Å². The summed E-state index contributed by atoms with van der Waals surface area (Å²) in [5.41, 5.74) is 3.57. The van der Waals surface area contributed by atoms with Crippen molar-refractivity contribution in [3.05, 3.63) is 59.4 Å². The number of oxazole rings is 1. The summed E-state index contributed by atoms with van der Waals surface area (Å²) < 4.78 is 16.7. The Labute approximate surface area is 123 Å². The Kier molecular flexibility index (Phi) is 3.52. The van der Waals surface area contributed by atoms with E-state index in [1.165, 1.54) is 0 Å². The molecule has 0 N–H and O–H groups in total. The largest absolute Gasteiger partial charge is 0.497 e. The second kappa shape index (κ2) is 5.48. The lowest BCUT2D eigenvalue weighted by Gasteiger charge is -2.08. The van der Waals surface area contributed by atoms with E-state index in [1.807, 2.05) is 43.3 Å². The second-order valence-electron chi connectivity index (χ2n) is 4.83. The molecule has 108 valence electrons. The van der Waals surface area contributed by atoms with E-state index in [9.17, 15) is 0 Å². The normalized spacial score (nSPS) is 15.6. The van der Waals surface area contributed by atoms with Gasteiger partial charge >= 0.3 is 0 Å². The van der Waals surface area contributed by atoms with E-state index in [4.69, 9.17) is 13.9 Å². The lowest BCUT2D eigenvalue weighted by molar-refractivity contribution is 0.277. The maximum atomic E-state index is 5.83. The van der Waals surface area contributed by atoms with E-state index in [2.05, 4.69) is 4.98 Å². The molecule has 0 amide bonds. The summed E-state index contributed by atoms with van der Waals surface area (Å²) in [5, 5.41) is 0. The lowest BCUT2D eigenvalue weighted by atomic mass is 10.2. The van der Waals surface area contributed by atoms with Crippen LogP contribution in [0, 0.1) is 0 Å². The van der Waals surface area contributed by atoms with Crippen LogP contribution in [0.2, 0.25) is 0 Å². The molecule has 2 aromatic rings. The zero-order valence-electron chi connectivity index (χ0n) is 12.3. The van der Waals surface area contributed by atoms with Gasteiger partial charge in [0, 0.05) is 11.1 Å². The van der Waals surface area contributed by atoms with Gasteiger partial charge in [0.05, 0.1) is 14.2 Å². The van der Waals surface area contributed by atoms with Crippen molar-refractivity contribution in [2.75, 3.05) is 14.2 Å². The molecule has 0 aliphatic heterocycles. The van der Waals surface area contributed by atoms with Crippen molar-refractivity contribution in [1.29, 1.82) is 0 Å². The molecule has 1 aliphatic rings. The maximum absolute atomic E-state index is 5.83.